The molecule has 0 spiro atoms. The van der Waals surface area contributed by atoms with Crippen molar-refractivity contribution in [3.8, 4) is 0 Å². The summed E-state index contributed by atoms with van der Waals surface area (Å²) in [7, 11) is 0. The summed E-state index contributed by atoms with van der Waals surface area (Å²) in [5.74, 6) is -1.17. The van der Waals surface area contributed by atoms with E-state index >= 15 is 0 Å². The molecule has 0 heterocycles. The number of hydrogen-bond donors (Lipinski definition) is 3. The number of nitrogens with one attached hydrogen (secondary N) is 3. The fourth-order valence-corrected chi connectivity index (χ4v) is 3.89. The zero-order chi connectivity index (χ0) is 24.0. The van der Waals surface area contributed by atoms with Crippen molar-refractivity contribution < 1.29 is 22.8 Å². The van der Waals surface area contributed by atoms with Crippen molar-refractivity contribution in [2.75, 3.05) is 6.54 Å². The molecule has 1 aliphatic carbocycles. The van der Waals surface area contributed by atoms with E-state index in [9.17, 15) is 22.8 Å². The summed E-state index contributed by atoms with van der Waals surface area (Å²) < 4.78 is 38.5. The lowest BCUT2D eigenvalue weighted by molar-refractivity contribution is -0.137. The number of alkyl halides is 3. The molecule has 3 rings (SSSR count). The number of rotatable bonds is 6. The van der Waals surface area contributed by atoms with Gasteiger partial charge in [-0.3, -0.25) is 9.59 Å². The minimum atomic E-state index is -4.55. The summed E-state index contributed by atoms with van der Waals surface area (Å²) in [6.07, 6.45) is -0.160. The van der Waals surface area contributed by atoms with Crippen molar-refractivity contribution >= 4 is 29.0 Å². The summed E-state index contributed by atoms with van der Waals surface area (Å²) in [5.41, 5.74) is 0.939. The average Bonchev–Trinajstić information content (AvgIpc) is 2.78. The topological polar surface area (TPSA) is 70.2 Å². The molecule has 0 saturated heterocycles. The zero-order valence-electron chi connectivity index (χ0n) is 18.0. The first-order chi connectivity index (χ1) is 15.6. The van der Waals surface area contributed by atoms with Gasteiger partial charge in [0.1, 0.15) is 4.99 Å². The lowest BCUT2D eigenvalue weighted by Crippen LogP contribution is -2.54. The summed E-state index contributed by atoms with van der Waals surface area (Å²) in [4.78, 5) is 25.2. The highest BCUT2D eigenvalue weighted by atomic mass is 32.1. The molecule has 1 aliphatic rings. The quantitative estimate of drug-likeness (QED) is 0.553. The average molecular weight is 477 g/mol. The molecule has 2 amide bonds. The normalized spacial score (nSPS) is 18.3. The number of halogens is 3. The SMILES string of the molecule is Cc1ccc(C(=S)NC2C[CH]CCC2NC(=O)CNC(=O)c2cccc(C(F)(F)F)c2)cc1. The molecule has 5 nitrogen and oxygen atoms in total. The van der Waals surface area contributed by atoms with Crippen LogP contribution in [-0.4, -0.2) is 35.4 Å². The summed E-state index contributed by atoms with van der Waals surface area (Å²) >= 11 is 5.51. The molecule has 0 bridgehead atoms. The predicted molar refractivity (Wildman–Crippen MR) is 124 cm³/mol. The third kappa shape index (κ3) is 7.02. The van der Waals surface area contributed by atoms with Gasteiger partial charge in [0.2, 0.25) is 5.91 Å². The minimum Gasteiger partial charge on any atom is -0.371 e. The van der Waals surface area contributed by atoms with Crippen molar-refractivity contribution in [1.82, 2.24) is 16.0 Å². The lowest BCUT2D eigenvalue weighted by atomic mass is 9.90. The van der Waals surface area contributed by atoms with Crippen molar-refractivity contribution in [1.29, 1.82) is 0 Å². The van der Waals surface area contributed by atoms with Crippen LogP contribution in [0.4, 0.5) is 13.2 Å². The molecule has 175 valence electrons. The Kier molecular flexibility index (Phi) is 8.07. The number of hydrogen-bond acceptors (Lipinski definition) is 3. The molecule has 1 saturated carbocycles. The van der Waals surface area contributed by atoms with Gasteiger partial charge >= 0.3 is 6.18 Å². The Balaban J connectivity index is 1.54. The Hall–Kier alpha value is -2.94. The van der Waals surface area contributed by atoms with Crippen molar-refractivity contribution in [2.45, 2.75) is 44.4 Å². The number of carbonyl (C=O) groups is 2. The van der Waals surface area contributed by atoms with Gasteiger partial charge in [-0.25, -0.2) is 0 Å². The van der Waals surface area contributed by atoms with Crippen LogP contribution >= 0.6 is 12.2 Å². The number of carbonyl (C=O) groups excluding carboxylic acids is 2. The second-order valence-corrected chi connectivity index (χ2v) is 8.39. The van der Waals surface area contributed by atoms with E-state index in [-0.39, 0.29) is 24.2 Å². The van der Waals surface area contributed by atoms with E-state index in [1.165, 1.54) is 6.07 Å². The van der Waals surface area contributed by atoms with Gasteiger partial charge in [-0.2, -0.15) is 13.2 Å². The molecule has 33 heavy (non-hydrogen) atoms. The van der Waals surface area contributed by atoms with E-state index in [1.807, 2.05) is 31.2 Å². The molecule has 1 radical (unpaired) electrons. The largest absolute Gasteiger partial charge is 0.416 e. The van der Waals surface area contributed by atoms with E-state index in [0.717, 1.165) is 35.7 Å². The van der Waals surface area contributed by atoms with Crippen molar-refractivity contribution in [3.05, 3.63) is 77.2 Å². The summed E-state index contributed by atoms with van der Waals surface area (Å²) in [6, 6.07) is 11.6. The Labute approximate surface area is 196 Å². The van der Waals surface area contributed by atoms with Crippen LogP contribution in [0.5, 0.6) is 0 Å². The third-order valence-electron chi connectivity index (χ3n) is 5.43. The highest BCUT2D eigenvalue weighted by Crippen LogP contribution is 2.29. The maximum Gasteiger partial charge on any atom is 0.416 e. The van der Waals surface area contributed by atoms with Gasteiger partial charge in [0.05, 0.1) is 12.1 Å². The maximum absolute atomic E-state index is 12.8. The molecule has 2 aromatic rings. The smallest absolute Gasteiger partial charge is 0.371 e. The molecular weight excluding hydrogens is 451 g/mol. The Morgan fingerprint density at radius 3 is 2.45 bits per heavy atom. The van der Waals surface area contributed by atoms with Crippen LogP contribution in [0.25, 0.3) is 0 Å². The molecular formula is C24H25F3N3O2S. The van der Waals surface area contributed by atoms with E-state index in [4.69, 9.17) is 12.2 Å². The van der Waals surface area contributed by atoms with Gasteiger partial charge in [-0.15, -0.1) is 0 Å². The van der Waals surface area contributed by atoms with Crippen LogP contribution in [0.1, 0.15) is 46.3 Å². The van der Waals surface area contributed by atoms with Gasteiger partial charge in [-0.1, -0.05) is 48.1 Å². The predicted octanol–water partition coefficient (Wildman–Crippen LogP) is 3.95. The van der Waals surface area contributed by atoms with E-state index in [0.29, 0.717) is 17.8 Å². The van der Waals surface area contributed by atoms with E-state index < -0.39 is 23.6 Å². The highest BCUT2D eigenvalue weighted by Gasteiger charge is 2.31. The summed E-state index contributed by atoms with van der Waals surface area (Å²) in [6.45, 7) is 1.65. The number of aryl methyl sites for hydroxylation is 1. The minimum absolute atomic E-state index is 0.101. The Morgan fingerprint density at radius 2 is 1.76 bits per heavy atom. The van der Waals surface area contributed by atoms with Crippen LogP contribution in [-0.2, 0) is 11.0 Å². The molecule has 2 aromatic carbocycles. The number of amides is 2. The molecule has 2 atom stereocenters. The van der Waals surface area contributed by atoms with Gasteiger partial charge in [0, 0.05) is 23.2 Å². The van der Waals surface area contributed by atoms with Gasteiger partial charge in [0.15, 0.2) is 0 Å². The van der Waals surface area contributed by atoms with Gasteiger partial charge in [0.25, 0.3) is 5.91 Å². The first-order valence-electron chi connectivity index (χ1n) is 10.6. The standard InChI is InChI=1S/C24H25F3N3O2S/c1-15-9-11-16(12-10-15)23(33)30-20-8-3-2-7-19(20)29-21(31)14-28-22(32)17-5-4-6-18(13-17)24(25,26)27/h3-6,9-13,19-20H,2,7-8,14H2,1H3,(H,28,32)(H,29,31)(H,30,33). The number of benzene rings is 2. The number of thiocarbonyl (C=S) groups is 1. The second kappa shape index (κ2) is 10.8. The van der Waals surface area contributed by atoms with Crippen LogP contribution in [0.3, 0.4) is 0 Å². The summed E-state index contributed by atoms with van der Waals surface area (Å²) in [5, 5.41) is 8.60. The van der Waals surface area contributed by atoms with Gasteiger partial charge < -0.3 is 16.0 Å². The second-order valence-electron chi connectivity index (χ2n) is 7.98. The monoisotopic (exact) mass is 476 g/mol. The third-order valence-corrected chi connectivity index (χ3v) is 5.78. The molecule has 1 fully saturated rings. The molecule has 0 aliphatic heterocycles. The highest BCUT2D eigenvalue weighted by molar-refractivity contribution is 7.80. The first-order valence-corrected chi connectivity index (χ1v) is 11.0. The van der Waals surface area contributed by atoms with E-state index in [2.05, 4.69) is 22.4 Å². The van der Waals surface area contributed by atoms with Crippen molar-refractivity contribution in [3.63, 3.8) is 0 Å². The van der Waals surface area contributed by atoms with Crippen LogP contribution in [0.15, 0.2) is 48.5 Å². The lowest BCUT2D eigenvalue weighted by Gasteiger charge is -2.33. The van der Waals surface area contributed by atoms with Crippen molar-refractivity contribution in [2.24, 2.45) is 0 Å². The molecule has 2 unspecified atom stereocenters. The zero-order valence-corrected chi connectivity index (χ0v) is 18.9. The first kappa shape index (κ1) is 24.7. The Bertz CT molecular complexity index is 1010. The van der Waals surface area contributed by atoms with Crippen LogP contribution < -0.4 is 16.0 Å². The Morgan fingerprint density at radius 1 is 1.03 bits per heavy atom. The van der Waals surface area contributed by atoms with Crippen LogP contribution in [0.2, 0.25) is 0 Å². The fraction of sp³-hybridized carbons (Fsp3) is 0.333. The van der Waals surface area contributed by atoms with Crippen LogP contribution in [0, 0.1) is 13.3 Å². The van der Waals surface area contributed by atoms with Gasteiger partial charge in [-0.05, 0) is 50.8 Å². The molecule has 3 N–H and O–H groups in total. The molecule has 0 aromatic heterocycles. The maximum atomic E-state index is 12.8. The molecule has 9 heteroatoms. The fourth-order valence-electron chi connectivity index (χ4n) is 3.61. The van der Waals surface area contributed by atoms with E-state index in [1.54, 1.807) is 0 Å².